The second kappa shape index (κ2) is 6.29. The first-order chi connectivity index (χ1) is 9.17. The number of rotatable bonds is 5. The minimum atomic E-state index is -0.832. The van der Waals surface area contributed by atoms with Crippen molar-refractivity contribution in [3.8, 4) is 11.5 Å². The van der Waals surface area contributed by atoms with Crippen LogP contribution < -0.4 is 4.74 Å². The van der Waals surface area contributed by atoms with Crippen LogP contribution in [0.3, 0.4) is 0 Å². The van der Waals surface area contributed by atoms with Crippen LogP contribution in [0.1, 0.15) is 5.56 Å². The molecule has 2 aromatic rings. The molecule has 0 saturated heterocycles. The number of ether oxygens (including phenoxy) is 1. The third-order valence-electron chi connectivity index (χ3n) is 2.57. The van der Waals surface area contributed by atoms with Crippen LogP contribution in [0, 0.1) is 0 Å². The summed E-state index contributed by atoms with van der Waals surface area (Å²) in [4.78, 5) is 11.8. The Hall–Kier alpha value is -1.94. The van der Waals surface area contributed by atoms with E-state index in [1.165, 1.54) is 4.90 Å². The first kappa shape index (κ1) is 13.5. The van der Waals surface area contributed by atoms with Crippen molar-refractivity contribution in [2.24, 2.45) is 0 Å². The second-order valence-electron chi connectivity index (χ2n) is 3.99. The number of thioether (sulfide) groups is 1. The fourth-order valence-corrected chi connectivity index (χ4v) is 2.04. The van der Waals surface area contributed by atoms with Crippen molar-refractivity contribution in [3.63, 3.8) is 0 Å². The third-order valence-corrected chi connectivity index (χ3v) is 3.32. The van der Waals surface area contributed by atoms with Gasteiger partial charge in [-0.1, -0.05) is 12.1 Å². The lowest BCUT2D eigenvalue weighted by Crippen LogP contribution is -1.99. The number of carboxylic acid groups (broad SMARTS) is 1. The van der Waals surface area contributed by atoms with Gasteiger partial charge < -0.3 is 9.84 Å². The van der Waals surface area contributed by atoms with Crippen molar-refractivity contribution < 1.29 is 14.6 Å². The van der Waals surface area contributed by atoms with E-state index in [0.717, 1.165) is 11.3 Å². The highest BCUT2D eigenvalue weighted by atomic mass is 32.2. The highest BCUT2D eigenvalue weighted by Gasteiger charge is 2.01. The summed E-state index contributed by atoms with van der Waals surface area (Å²) in [6.45, 7) is 0. The average molecular weight is 274 g/mol. The standard InChI is InChI=1S/C15H14O3S/c1-19-14-8-6-13(7-9-14)18-12-4-2-11(3-5-12)10-15(16)17/h2-9H,10H2,1H3,(H,16,17). The molecule has 0 atom stereocenters. The minimum absolute atomic E-state index is 0.0305. The van der Waals surface area contributed by atoms with Crippen molar-refractivity contribution >= 4 is 17.7 Å². The number of aliphatic carboxylic acids is 1. The van der Waals surface area contributed by atoms with E-state index in [4.69, 9.17) is 9.84 Å². The summed E-state index contributed by atoms with van der Waals surface area (Å²) in [5.41, 5.74) is 0.762. The summed E-state index contributed by atoms with van der Waals surface area (Å²) in [6, 6.07) is 14.9. The van der Waals surface area contributed by atoms with Crippen molar-refractivity contribution in [3.05, 3.63) is 54.1 Å². The first-order valence-electron chi connectivity index (χ1n) is 5.80. The fourth-order valence-electron chi connectivity index (χ4n) is 1.63. The van der Waals surface area contributed by atoms with Gasteiger partial charge in [-0.3, -0.25) is 4.79 Å². The lowest BCUT2D eigenvalue weighted by molar-refractivity contribution is -0.136. The van der Waals surface area contributed by atoms with Crippen molar-refractivity contribution in [1.82, 2.24) is 0 Å². The normalized spacial score (nSPS) is 10.2. The molecule has 0 aliphatic carbocycles. The molecule has 0 unspecified atom stereocenters. The molecule has 0 aliphatic rings. The van der Waals surface area contributed by atoms with Crippen LogP contribution in [0.25, 0.3) is 0 Å². The van der Waals surface area contributed by atoms with Crippen LogP contribution in [0.15, 0.2) is 53.4 Å². The molecule has 0 radical (unpaired) electrons. The van der Waals surface area contributed by atoms with Crippen molar-refractivity contribution in [2.45, 2.75) is 11.3 Å². The van der Waals surface area contributed by atoms with Gasteiger partial charge in [0, 0.05) is 4.90 Å². The molecule has 0 amide bonds. The van der Waals surface area contributed by atoms with Gasteiger partial charge in [0.2, 0.25) is 0 Å². The molecule has 0 aliphatic heterocycles. The number of carbonyl (C=O) groups is 1. The zero-order valence-electron chi connectivity index (χ0n) is 10.5. The highest BCUT2D eigenvalue weighted by molar-refractivity contribution is 7.98. The van der Waals surface area contributed by atoms with E-state index in [2.05, 4.69) is 0 Å². The number of carboxylic acids is 1. The van der Waals surface area contributed by atoms with E-state index in [1.54, 1.807) is 36.0 Å². The quantitative estimate of drug-likeness (QED) is 0.842. The van der Waals surface area contributed by atoms with Gasteiger partial charge in [0.05, 0.1) is 6.42 Å². The summed E-state index contributed by atoms with van der Waals surface area (Å²) < 4.78 is 5.68. The highest BCUT2D eigenvalue weighted by Crippen LogP contribution is 2.24. The largest absolute Gasteiger partial charge is 0.481 e. The smallest absolute Gasteiger partial charge is 0.307 e. The Morgan fingerprint density at radius 3 is 2.05 bits per heavy atom. The van der Waals surface area contributed by atoms with Crippen molar-refractivity contribution in [1.29, 1.82) is 0 Å². The number of hydrogen-bond donors (Lipinski definition) is 1. The Bertz CT molecular complexity index is 547. The molecule has 0 fully saturated rings. The summed E-state index contributed by atoms with van der Waals surface area (Å²) in [6.07, 6.45) is 2.06. The predicted molar refractivity (Wildman–Crippen MR) is 76.1 cm³/mol. The lowest BCUT2D eigenvalue weighted by atomic mass is 10.1. The maximum Gasteiger partial charge on any atom is 0.307 e. The van der Waals surface area contributed by atoms with Gasteiger partial charge in [-0.25, -0.2) is 0 Å². The van der Waals surface area contributed by atoms with E-state index in [-0.39, 0.29) is 6.42 Å². The molecule has 3 nitrogen and oxygen atoms in total. The predicted octanol–water partition coefficient (Wildman–Crippen LogP) is 3.83. The van der Waals surface area contributed by atoms with E-state index in [0.29, 0.717) is 5.75 Å². The van der Waals surface area contributed by atoms with Gasteiger partial charge >= 0.3 is 5.97 Å². The molecule has 1 N–H and O–H groups in total. The molecule has 0 bridgehead atoms. The minimum Gasteiger partial charge on any atom is -0.481 e. The molecule has 0 saturated carbocycles. The van der Waals surface area contributed by atoms with Crippen LogP contribution in [-0.4, -0.2) is 17.3 Å². The van der Waals surface area contributed by atoms with Gasteiger partial charge in [0.1, 0.15) is 11.5 Å². The van der Waals surface area contributed by atoms with Crippen LogP contribution in [-0.2, 0) is 11.2 Å². The van der Waals surface area contributed by atoms with Crippen LogP contribution >= 0.6 is 11.8 Å². The molecular weight excluding hydrogens is 260 g/mol. The van der Waals surface area contributed by atoms with E-state index < -0.39 is 5.97 Å². The Morgan fingerprint density at radius 2 is 1.58 bits per heavy atom. The number of benzene rings is 2. The molecule has 2 aromatic carbocycles. The Kier molecular flexibility index (Phi) is 4.47. The lowest BCUT2D eigenvalue weighted by Gasteiger charge is -2.06. The molecule has 98 valence electrons. The maximum absolute atomic E-state index is 10.6. The maximum atomic E-state index is 10.6. The summed E-state index contributed by atoms with van der Waals surface area (Å²) in [5.74, 6) is 0.635. The molecule has 4 heteroatoms. The molecule has 0 heterocycles. The molecule has 2 rings (SSSR count). The Labute approximate surface area is 116 Å². The monoisotopic (exact) mass is 274 g/mol. The SMILES string of the molecule is CSc1ccc(Oc2ccc(CC(=O)O)cc2)cc1. The average Bonchev–Trinajstić information content (AvgIpc) is 2.41. The van der Waals surface area contributed by atoms with Gasteiger partial charge in [-0.15, -0.1) is 11.8 Å². The topological polar surface area (TPSA) is 46.5 Å². The first-order valence-corrected chi connectivity index (χ1v) is 7.02. The molecular formula is C15H14O3S. The van der Waals surface area contributed by atoms with E-state index in [1.807, 2.05) is 30.5 Å². The molecule has 0 spiro atoms. The Balaban J connectivity index is 2.04. The van der Waals surface area contributed by atoms with Gasteiger partial charge in [0.15, 0.2) is 0 Å². The number of hydrogen-bond acceptors (Lipinski definition) is 3. The third kappa shape index (κ3) is 4.03. The molecule has 19 heavy (non-hydrogen) atoms. The second-order valence-corrected chi connectivity index (χ2v) is 4.87. The van der Waals surface area contributed by atoms with Crippen LogP contribution in [0.4, 0.5) is 0 Å². The van der Waals surface area contributed by atoms with Gasteiger partial charge in [-0.05, 0) is 48.2 Å². The Morgan fingerprint density at radius 1 is 1.05 bits per heavy atom. The van der Waals surface area contributed by atoms with E-state index in [9.17, 15) is 4.79 Å². The zero-order chi connectivity index (χ0) is 13.7. The van der Waals surface area contributed by atoms with Crippen LogP contribution in [0.5, 0.6) is 11.5 Å². The van der Waals surface area contributed by atoms with Gasteiger partial charge in [-0.2, -0.15) is 0 Å². The van der Waals surface area contributed by atoms with Crippen molar-refractivity contribution in [2.75, 3.05) is 6.26 Å². The molecule has 0 aromatic heterocycles. The van der Waals surface area contributed by atoms with Crippen LogP contribution in [0.2, 0.25) is 0 Å². The fraction of sp³-hybridized carbons (Fsp3) is 0.133. The zero-order valence-corrected chi connectivity index (χ0v) is 11.3. The summed E-state index contributed by atoms with van der Waals surface area (Å²) >= 11 is 1.68. The van der Waals surface area contributed by atoms with E-state index >= 15 is 0 Å². The van der Waals surface area contributed by atoms with Gasteiger partial charge in [0.25, 0.3) is 0 Å². The summed E-state index contributed by atoms with van der Waals surface area (Å²) in [5, 5.41) is 8.69. The summed E-state index contributed by atoms with van der Waals surface area (Å²) in [7, 11) is 0.